The van der Waals surface area contributed by atoms with Crippen LogP contribution in [0.15, 0.2) is 23.3 Å². The Balaban J connectivity index is 2.40. The fourth-order valence-corrected chi connectivity index (χ4v) is 2.12. The van der Waals surface area contributed by atoms with Gasteiger partial charge in [0.05, 0.1) is 5.71 Å². The number of benzene rings is 1. The lowest BCUT2D eigenvalue weighted by Crippen LogP contribution is -2.18. The van der Waals surface area contributed by atoms with Crippen LogP contribution < -0.4 is 5.43 Å². The number of amides is 1. The molecule has 0 heterocycles. The van der Waals surface area contributed by atoms with E-state index in [-0.39, 0.29) is 5.91 Å². The van der Waals surface area contributed by atoms with Gasteiger partial charge in [-0.2, -0.15) is 5.10 Å². The topological polar surface area (TPSA) is 41.5 Å². The summed E-state index contributed by atoms with van der Waals surface area (Å²) in [6.07, 6.45) is 6.34. The number of hydrogen-bond donors (Lipinski definition) is 1. The van der Waals surface area contributed by atoms with Crippen molar-refractivity contribution in [2.24, 2.45) is 5.10 Å². The van der Waals surface area contributed by atoms with E-state index in [0.29, 0.717) is 6.42 Å². The summed E-state index contributed by atoms with van der Waals surface area (Å²) in [5.74, 6) is 0.00896. The van der Waals surface area contributed by atoms with Gasteiger partial charge in [-0.3, -0.25) is 4.79 Å². The van der Waals surface area contributed by atoms with Crippen molar-refractivity contribution in [3.63, 3.8) is 0 Å². The number of nitrogens with one attached hydrogen (secondary N) is 1. The van der Waals surface area contributed by atoms with Crippen molar-refractivity contribution in [2.75, 3.05) is 0 Å². The molecule has 0 atom stereocenters. The highest BCUT2D eigenvalue weighted by Crippen LogP contribution is 2.10. The Kier molecular flexibility index (Phi) is 7.73. The van der Waals surface area contributed by atoms with Crippen molar-refractivity contribution in [1.29, 1.82) is 0 Å². The van der Waals surface area contributed by atoms with Crippen LogP contribution in [-0.4, -0.2) is 11.6 Å². The van der Waals surface area contributed by atoms with Gasteiger partial charge in [-0.1, -0.05) is 44.7 Å². The van der Waals surface area contributed by atoms with Gasteiger partial charge in [0.15, 0.2) is 0 Å². The zero-order chi connectivity index (χ0) is 15.7. The monoisotopic (exact) mass is 288 g/mol. The molecule has 0 aliphatic heterocycles. The minimum Gasteiger partial charge on any atom is -0.273 e. The largest absolute Gasteiger partial charge is 0.273 e. The third-order valence-electron chi connectivity index (χ3n) is 3.78. The van der Waals surface area contributed by atoms with Gasteiger partial charge >= 0.3 is 0 Å². The summed E-state index contributed by atoms with van der Waals surface area (Å²) < 4.78 is 0. The lowest BCUT2D eigenvalue weighted by Gasteiger charge is -2.06. The molecule has 0 fully saturated rings. The zero-order valence-corrected chi connectivity index (χ0v) is 13.8. The Morgan fingerprint density at radius 1 is 1.10 bits per heavy atom. The molecule has 3 nitrogen and oxygen atoms in total. The van der Waals surface area contributed by atoms with E-state index in [2.05, 4.69) is 43.4 Å². The molecule has 0 saturated heterocycles. The average Bonchev–Trinajstić information content (AvgIpc) is 2.47. The predicted octanol–water partition coefficient (Wildman–Crippen LogP) is 4.50. The van der Waals surface area contributed by atoms with Gasteiger partial charge in [-0.05, 0) is 49.9 Å². The van der Waals surface area contributed by atoms with Crippen LogP contribution in [0.5, 0.6) is 0 Å². The molecule has 0 spiro atoms. The third-order valence-corrected chi connectivity index (χ3v) is 3.78. The van der Waals surface area contributed by atoms with Gasteiger partial charge in [0.25, 0.3) is 0 Å². The van der Waals surface area contributed by atoms with Crippen LogP contribution in [0.3, 0.4) is 0 Å². The summed E-state index contributed by atoms with van der Waals surface area (Å²) in [4.78, 5) is 11.7. The first-order valence-corrected chi connectivity index (χ1v) is 7.95. The van der Waals surface area contributed by atoms with Crippen molar-refractivity contribution >= 4 is 11.6 Å². The molecule has 0 saturated carbocycles. The number of carbonyl (C=O) groups is 1. The van der Waals surface area contributed by atoms with Gasteiger partial charge < -0.3 is 0 Å². The summed E-state index contributed by atoms with van der Waals surface area (Å²) in [6.45, 7) is 8.29. The number of nitrogens with zero attached hydrogens (tertiary/aromatic N) is 1. The third kappa shape index (κ3) is 6.56. The predicted molar refractivity (Wildman–Crippen MR) is 89.6 cm³/mol. The SMILES string of the molecule is CCCCCCCC(=O)N/N=C(\C)c1ccc(C)c(C)c1. The van der Waals surface area contributed by atoms with E-state index in [1.54, 1.807) is 0 Å². The normalized spacial score (nSPS) is 11.5. The van der Waals surface area contributed by atoms with Crippen molar-refractivity contribution in [3.8, 4) is 0 Å². The van der Waals surface area contributed by atoms with Gasteiger partial charge in [0.2, 0.25) is 5.91 Å². The molecule has 1 amide bonds. The molecule has 21 heavy (non-hydrogen) atoms. The molecule has 1 rings (SSSR count). The van der Waals surface area contributed by atoms with Crippen molar-refractivity contribution in [1.82, 2.24) is 5.43 Å². The molecule has 0 unspecified atom stereocenters. The summed E-state index contributed by atoms with van der Waals surface area (Å²) >= 11 is 0. The quantitative estimate of drug-likeness (QED) is 0.427. The second-order valence-corrected chi connectivity index (χ2v) is 5.70. The van der Waals surface area contributed by atoms with Gasteiger partial charge in [-0.15, -0.1) is 0 Å². The smallest absolute Gasteiger partial charge is 0.240 e. The molecule has 0 radical (unpaired) electrons. The molecule has 0 aliphatic carbocycles. The maximum absolute atomic E-state index is 11.7. The summed E-state index contributed by atoms with van der Waals surface area (Å²) in [5, 5.41) is 4.20. The van der Waals surface area contributed by atoms with Crippen molar-refractivity contribution < 1.29 is 4.79 Å². The lowest BCUT2D eigenvalue weighted by molar-refractivity contribution is -0.121. The summed E-state index contributed by atoms with van der Waals surface area (Å²) in [5.41, 5.74) is 7.06. The van der Waals surface area contributed by atoms with Gasteiger partial charge in [0.1, 0.15) is 0 Å². The molecular weight excluding hydrogens is 260 g/mol. The number of aryl methyl sites for hydroxylation is 2. The lowest BCUT2D eigenvalue weighted by atomic mass is 10.0. The molecule has 0 aliphatic rings. The molecule has 0 bridgehead atoms. The molecule has 3 heteroatoms. The maximum Gasteiger partial charge on any atom is 0.240 e. The standard InChI is InChI=1S/C18H28N2O/c1-5-6-7-8-9-10-18(21)20-19-16(4)17-12-11-14(2)15(3)13-17/h11-13H,5-10H2,1-4H3,(H,20,21)/b19-16+. The van der Waals surface area contributed by atoms with Crippen LogP contribution in [0.1, 0.15) is 69.1 Å². The van der Waals surface area contributed by atoms with E-state index >= 15 is 0 Å². The van der Waals surface area contributed by atoms with Gasteiger partial charge in [-0.25, -0.2) is 5.43 Å². The Hall–Kier alpha value is -1.64. The number of unbranched alkanes of at least 4 members (excludes halogenated alkanes) is 4. The summed E-state index contributed by atoms with van der Waals surface area (Å²) in [6, 6.07) is 6.22. The summed E-state index contributed by atoms with van der Waals surface area (Å²) in [7, 11) is 0. The average molecular weight is 288 g/mol. The first-order valence-electron chi connectivity index (χ1n) is 7.95. The highest BCUT2D eigenvalue weighted by molar-refractivity contribution is 5.99. The first-order chi connectivity index (χ1) is 10.0. The number of hydrogen-bond acceptors (Lipinski definition) is 2. The van der Waals surface area contributed by atoms with Crippen LogP contribution in [0.4, 0.5) is 0 Å². The van der Waals surface area contributed by atoms with Crippen molar-refractivity contribution in [3.05, 3.63) is 34.9 Å². The van der Waals surface area contributed by atoms with E-state index in [0.717, 1.165) is 24.1 Å². The Morgan fingerprint density at radius 2 is 1.81 bits per heavy atom. The molecular formula is C18H28N2O. The van der Waals surface area contributed by atoms with Gasteiger partial charge in [0, 0.05) is 6.42 Å². The van der Waals surface area contributed by atoms with Crippen LogP contribution in [0.25, 0.3) is 0 Å². The van der Waals surface area contributed by atoms with Crippen molar-refractivity contribution in [2.45, 2.75) is 66.2 Å². The second-order valence-electron chi connectivity index (χ2n) is 5.70. The number of carbonyl (C=O) groups excluding carboxylic acids is 1. The minimum absolute atomic E-state index is 0.00896. The first kappa shape index (κ1) is 17.4. The van der Waals surface area contributed by atoms with E-state index in [4.69, 9.17) is 0 Å². The van der Waals surface area contributed by atoms with E-state index in [9.17, 15) is 4.79 Å². The van der Waals surface area contributed by atoms with Crippen LogP contribution in [0.2, 0.25) is 0 Å². The molecule has 116 valence electrons. The van der Waals surface area contributed by atoms with E-state index in [1.165, 1.54) is 30.4 Å². The highest BCUT2D eigenvalue weighted by Gasteiger charge is 2.02. The zero-order valence-electron chi connectivity index (χ0n) is 13.8. The fourth-order valence-electron chi connectivity index (χ4n) is 2.12. The Bertz CT molecular complexity index is 492. The molecule has 1 aromatic carbocycles. The Morgan fingerprint density at radius 3 is 2.48 bits per heavy atom. The highest BCUT2D eigenvalue weighted by atomic mass is 16.2. The Labute approximate surface area is 128 Å². The minimum atomic E-state index is 0.00896. The molecule has 0 aromatic heterocycles. The number of hydrazone groups is 1. The van der Waals surface area contributed by atoms with E-state index < -0.39 is 0 Å². The van der Waals surface area contributed by atoms with Crippen LogP contribution in [0, 0.1) is 13.8 Å². The second kappa shape index (κ2) is 9.32. The van der Waals surface area contributed by atoms with Crippen LogP contribution >= 0.6 is 0 Å². The van der Waals surface area contributed by atoms with E-state index in [1.807, 2.05) is 13.0 Å². The number of rotatable bonds is 8. The van der Waals surface area contributed by atoms with Crippen LogP contribution in [-0.2, 0) is 4.79 Å². The molecule has 1 N–H and O–H groups in total. The molecule has 1 aromatic rings. The fraction of sp³-hybridized carbons (Fsp3) is 0.556. The maximum atomic E-state index is 11.7.